The van der Waals surface area contributed by atoms with Gasteiger partial charge in [0.25, 0.3) is 0 Å². The standard InChI is InChI=1S/C16H30N4O2S/c1-11(2)10-20-13(4)16(12(3)17-20)23(21,22)18-14-7-8-15(9-14)19(5)6/h11,14-15,18H,7-10H2,1-6H3/t14-,15+/m0/s1. The minimum Gasteiger partial charge on any atom is -0.306 e. The number of hydrogen-bond acceptors (Lipinski definition) is 4. The highest BCUT2D eigenvalue weighted by atomic mass is 32.2. The van der Waals surface area contributed by atoms with Crippen LogP contribution < -0.4 is 4.72 Å². The van der Waals surface area contributed by atoms with Gasteiger partial charge in [0.1, 0.15) is 4.90 Å². The quantitative estimate of drug-likeness (QED) is 0.858. The van der Waals surface area contributed by atoms with Crippen molar-refractivity contribution in [3.63, 3.8) is 0 Å². The Hall–Kier alpha value is -0.920. The zero-order valence-electron chi connectivity index (χ0n) is 15.1. The molecule has 0 unspecified atom stereocenters. The molecule has 0 bridgehead atoms. The van der Waals surface area contributed by atoms with Crippen LogP contribution >= 0.6 is 0 Å². The maximum absolute atomic E-state index is 12.8. The van der Waals surface area contributed by atoms with Crippen molar-refractivity contribution in [1.29, 1.82) is 0 Å². The molecule has 1 fully saturated rings. The minimum absolute atomic E-state index is 0.0136. The normalized spacial score (nSPS) is 22.4. The highest BCUT2D eigenvalue weighted by molar-refractivity contribution is 7.89. The molecule has 1 saturated carbocycles. The van der Waals surface area contributed by atoms with Crippen LogP contribution in [0.4, 0.5) is 0 Å². The van der Waals surface area contributed by atoms with E-state index in [1.165, 1.54) is 0 Å². The van der Waals surface area contributed by atoms with E-state index in [1.54, 1.807) is 6.92 Å². The number of hydrogen-bond donors (Lipinski definition) is 1. The first-order valence-corrected chi connectivity index (χ1v) is 9.83. The van der Waals surface area contributed by atoms with E-state index >= 15 is 0 Å². The van der Waals surface area contributed by atoms with Gasteiger partial charge < -0.3 is 4.90 Å². The van der Waals surface area contributed by atoms with Gasteiger partial charge in [-0.15, -0.1) is 0 Å². The van der Waals surface area contributed by atoms with Crippen LogP contribution in [0.15, 0.2) is 4.90 Å². The van der Waals surface area contributed by atoms with Crippen molar-refractivity contribution in [1.82, 2.24) is 19.4 Å². The third-order valence-corrected chi connectivity index (χ3v) is 6.35. The fraction of sp³-hybridized carbons (Fsp3) is 0.812. The Morgan fingerprint density at radius 3 is 2.48 bits per heavy atom. The van der Waals surface area contributed by atoms with Crippen LogP contribution in [-0.4, -0.2) is 49.3 Å². The maximum atomic E-state index is 12.8. The monoisotopic (exact) mass is 342 g/mol. The molecule has 6 nitrogen and oxygen atoms in total. The van der Waals surface area contributed by atoms with Gasteiger partial charge in [0.2, 0.25) is 10.0 Å². The number of rotatable bonds is 6. The van der Waals surface area contributed by atoms with E-state index < -0.39 is 10.0 Å². The van der Waals surface area contributed by atoms with E-state index in [1.807, 2.05) is 25.7 Å². The number of nitrogens with one attached hydrogen (secondary N) is 1. The van der Waals surface area contributed by atoms with E-state index in [4.69, 9.17) is 0 Å². The summed E-state index contributed by atoms with van der Waals surface area (Å²) in [6, 6.07) is 0.466. The van der Waals surface area contributed by atoms with E-state index in [0.717, 1.165) is 31.5 Å². The summed E-state index contributed by atoms with van der Waals surface area (Å²) in [6.07, 6.45) is 2.79. The van der Waals surface area contributed by atoms with Crippen LogP contribution in [0.2, 0.25) is 0 Å². The topological polar surface area (TPSA) is 67.2 Å². The summed E-state index contributed by atoms with van der Waals surface area (Å²) in [5.74, 6) is 0.423. The molecule has 2 rings (SSSR count). The Kier molecular flexibility index (Phi) is 5.53. The highest BCUT2D eigenvalue weighted by Gasteiger charge is 2.32. The van der Waals surface area contributed by atoms with Crippen molar-refractivity contribution in [2.24, 2.45) is 5.92 Å². The predicted molar refractivity (Wildman–Crippen MR) is 92.0 cm³/mol. The van der Waals surface area contributed by atoms with Gasteiger partial charge in [0, 0.05) is 18.6 Å². The van der Waals surface area contributed by atoms with Gasteiger partial charge in [-0.05, 0) is 53.1 Å². The van der Waals surface area contributed by atoms with Gasteiger partial charge in [-0.1, -0.05) is 13.8 Å². The Bertz CT molecular complexity index is 649. The van der Waals surface area contributed by atoms with E-state index in [9.17, 15) is 8.42 Å². The average Bonchev–Trinajstić information content (AvgIpc) is 2.94. The first-order valence-electron chi connectivity index (χ1n) is 8.34. The lowest BCUT2D eigenvalue weighted by molar-refractivity contribution is 0.295. The van der Waals surface area contributed by atoms with Crippen molar-refractivity contribution >= 4 is 10.0 Å². The van der Waals surface area contributed by atoms with Crippen molar-refractivity contribution in [3.8, 4) is 0 Å². The minimum atomic E-state index is -3.52. The lowest BCUT2D eigenvalue weighted by atomic mass is 10.2. The lowest BCUT2D eigenvalue weighted by Gasteiger charge is -2.19. The summed E-state index contributed by atoms with van der Waals surface area (Å²) in [7, 11) is 0.574. The SMILES string of the molecule is Cc1nn(CC(C)C)c(C)c1S(=O)(=O)N[C@H]1CC[C@@H](N(C)C)C1. The van der Waals surface area contributed by atoms with Crippen molar-refractivity contribution in [2.75, 3.05) is 14.1 Å². The smallest absolute Gasteiger partial charge is 0.244 e. The first kappa shape index (κ1) is 18.4. The highest BCUT2D eigenvalue weighted by Crippen LogP contribution is 2.26. The molecule has 0 amide bonds. The van der Waals surface area contributed by atoms with E-state index in [-0.39, 0.29) is 6.04 Å². The van der Waals surface area contributed by atoms with Crippen molar-refractivity contribution in [3.05, 3.63) is 11.4 Å². The molecular formula is C16H30N4O2S. The molecule has 2 atom stereocenters. The lowest BCUT2D eigenvalue weighted by Crippen LogP contribution is -2.35. The molecule has 0 spiro atoms. The molecule has 0 saturated heterocycles. The summed E-state index contributed by atoms with van der Waals surface area (Å²) in [6.45, 7) is 8.55. The molecule has 23 heavy (non-hydrogen) atoms. The summed E-state index contributed by atoms with van der Waals surface area (Å²) in [5, 5.41) is 4.42. The van der Waals surface area contributed by atoms with Gasteiger partial charge in [0.15, 0.2) is 0 Å². The second kappa shape index (κ2) is 6.91. The molecule has 1 N–H and O–H groups in total. The Balaban J connectivity index is 2.19. The van der Waals surface area contributed by atoms with Gasteiger partial charge in [0.05, 0.1) is 11.4 Å². The number of sulfonamides is 1. The average molecular weight is 343 g/mol. The molecule has 1 aliphatic carbocycles. The molecule has 7 heteroatoms. The molecule has 0 aromatic carbocycles. The summed E-state index contributed by atoms with van der Waals surface area (Å²) in [4.78, 5) is 2.53. The number of nitrogens with zero attached hydrogens (tertiary/aromatic N) is 3. The van der Waals surface area contributed by atoms with Crippen molar-refractivity contribution in [2.45, 2.75) is 70.5 Å². The fourth-order valence-corrected chi connectivity index (χ4v) is 5.10. The second-order valence-electron chi connectivity index (χ2n) is 7.32. The van der Waals surface area contributed by atoms with Crippen LogP contribution in [0.3, 0.4) is 0 Å². The second-order valence-corrected chi connectivity index (χ2v) is 8.98. The molecule has 1 aromatic heterocycles. The molecule has 132 valence electrons. The summed E-state index contributed by atoms with van der Waals surface area (Å²) in [5.41, 5.74) is 1.31. The molecule has 1 aromatic rings. The fourth-order valence-electron chi connectivity index (χ4n) is 3.41. The zero-order chi connectivity index (χ0) is 17.4. The third-order valence-electron chi connectivity index (χ3n) is 4.58. The van der Waals surface area contributed by atoms with Gasteiger partial charge in [-0.2, -0.15) is 5.10 Å². The van der Waals surface area contributed by atoms with Gasteiger partial charge in [-0.3, -0.25) is 4.68 Å². The molecule has 1 heterocycles. The Morgan fingerprint density at radius 1 is 1.30 bits per heavy atom. The van der Waals surface area contributed by atoms with E-state index in [0.29, 0.717) is 22.5 Å². The van der Waals surface area contributed by atoms with Crippen molar-refractivity contribution < 1.29 is 8.42 Å². The molecular weight excluding hydrogens is 312 g/mol. The Morgan fingerprint density at radius 2 is 1.96 bits per heavy atom. The Labute approximate surface area is 140 Å². The van der Waals surface area contributed by atoms with Crippen LogP contribution in [0.25, 0.3) is 0 Å². The molecule has 1 aliphatic rings. The van der Waals surface area contributed by atoms with Crippen LogP contribution in [0, 0.1) is 19.8 Å². The predicted octanol–water partition coefficient (Wildman–Crippen LogP) is 1.92. The summed E-state index contributed by atoms with van der Waals surface area (Å²) < 4.78 is 30.4. The largest absolute Gasteiger partial charge is 0.306 e. The van der Waals surface area contributed by atoms with Crippen LogP contribution in [0.5, 0.6) is 0 Å². The molecule has 0 radical (unpaired) electrons. The molecule has 0 aliphatic heterocycles. The number of aromatic nitrogens is 2. The van der Waals surface area contributed by atoms with Crippen LogP contribution in [0.1, 0.15) is 44.5 Å². The van der Waals surface area contributed by atoms with Gasteiger partial charge >= 0.3 is 0 Å². The number of aryl methyl sites for hydroxylation is 1. The van der Waals surface area contributed by atoms with Crippen LogP contribution in [-0.2, 0) is 16.6 Å². The maximum Gasteiger partial charge on any atom is 0.244 e. The van der Waals surface area contributed by atoms with E-state index in [2.05, 4.69) is 28.6 Å². The summed E-state index contributed by atoms with van der Waals surface area (Å²) >= 11 is 0. The van der Waals surface area contributed by atoms with Gasteiger partial charge in [-0.25, -0.2) is 13.1 Å². The third kappa shape index (κ3) is 4.14. The zero-order valence-corrected chi connectivity index (χ0v) is 15.9. The first-order chi connectivity index (χ1) is 10.6.